The molecule has 0 atom stereocenters. The summed E-state index contributed by atoms with van der Waals surface area (Å²) in [5, 5.41) is 0.256. The van der Waals surface area contributed by atoms with E-state index in [1.165, 1.54) is 6.07 Å². The van der Waals surface area contributed by atoms with Gasteiger partial charge in [0, 0.05) is 12.0 Å². The third-order valence-electron chi connectivity index (χ3n) is 3.51. The van der Waals surface area contributed by atoms with Gasteiger partial charge in [0.15, 0.2) is 0 Å². The van der Waals surface area contributed by atoms with Crippen LogP contribution in [0.4, 0.5) is 0 Å². The monoisotopic (exact) mass is 339 g/mol. The van der Waals surface area contributed by atoms with Gasteiger partial charge in [0.1, 0.15) is 11.5 Å². The molecule has 1 heterocycles. The second-order valence-corrected chi connectivity index (χ2v) is 5.27. The zero-order chi connectivity index (χ0) is 17.8. The Bertz CT molecular complexity index is 977. The number of aromatic nitrogens is 1. The molecule has 128 valence electrons. The minimum atomic E-state index is -0.545. The highest BCUT2D eigenvalue weighted by Gasteiger charge is 2.11. The van der Waals surface area contributed by atoms with E-state index in [9.17, 15) is 9.59 Å². The van der Waals surface area contributed by atoms with Crippen molar-refractivity contribution in [3.8, 4) is 23.0 Å². The Balaban J connectivity index is 2.02. The highest BCUT2D eigenvalue weighted by molar-refractivity contribution is 5.81. The molecule has 1 aromatic heterocycles. The molecule has 0 fully saturated rings. The summed E-state index contributed by atoms with van der Waals surface area (Å²) < 4.78 is 15.9. The summed E-state index contributed by atoms with van der Waals surface area (Å²) in [6.07, 6.45) is 0.250. The molecule has 25 heavy (non-hydrogen) atoms. The molecule has 0 aliphatic rings. The van der Waals surface area contributed by atoms with E-state index in [-0.39, 0.29) is 23.7 Å². The van der Waals surface area contributed by atoms with Crippen molar-refractivity contribution in [1.29, 1.82) is 0 Å². The zero-order valence-corrected chi connectivity index (χ0v) is 13.9. The van der Waals surface area contributed by atoms with Crippen molar-refractivity contribution in [2.75, 3.05) is 6.61 Å². The van der Waals surface area contributed by atoms with E-state index in [1.807, 2.05) is 13.0 Å². The van der Waals surface area contributed by atoms with E-state index in [1.54, 1.807) is 37.3 Å². The molecule has 0 bridgehead atoms. The van der Waals surface area contributed by atoms with Crippen LogP contribution in [0.5, 0.6) is 11.5 Å². The van der Waals surface area contributed by atoms with E-state index >= 15 is 0 Å². The normalized spacial score (nSPS) is 10.6. The average molecular weight is 339 g/mol. The third kappa shape index (κ3) is 3.68. The number of carbonyl (C=O) groups is 1. The third-order valence-corrected chi connectivity index (χ3v) is 3.51. The molecule has 6 heteroatoms. The lowest BCUT2D eigenvalue weighted by Crippen LogP contribution is -2.07. The van der Waals surface area contributed by atoms with Crippen molar-refractivity contribution in [3.05, 3.63) is 52.9 Å². The fraction of sp³-hybridized carbons (Fsp3) is 0.211. The van der Waals surface area contributed by atoms with E-state index in [0.717, 1.165) is 0 Å². The first-order valence-corrected chi connectivity index (χ1v) is 7.99. The quantitative estimate of drug-likeness (QED) is 0.522. The summed E-state index contributed by atoms with van der Waals surface area (Å²) in [4.78, 5) is 28.1. The van der Waals surface area contributed by atoms with Gasteiger partial charge < -0.3 is 13.9 Å². The Hall–Kier alpha value is -3.15. The van der Waals surface area contributed by atoms with Gasteiger partial charge in [-0.3, -0.25) is 4.79 Å². The Morgan fingerprint density at radius 3 is 2.72 bits per heavy atom. The maximum Gasteiger partial charge on any atom is 0.347 e. The van der Waals surface area contributed by atoms with Crippen molar-refractivity contribution < 1.29 is 18.7 Å². The maximum absolute atomic E-state index is 12.3. The number of fused-ring (bicyclic) bond motifs is 1. The molecule has 0 N–H and O–H groups in total. The highest BCUT2D eigenvalue weighted by atomic mass is 16.5. The van der Waals surface area contributed by atoms with Gasteiger partial charge in [-0.2, -0.15) is 0 Å². The number of ether oxygens (including phenoxy) is 2. The lowest BCUT2D eigenvalue weighted by atomic mass is 10.2. The van der Waals surface area contributed by atoms with Gasteiger partial charge in [-0.25, -0.2) is 9.78 Å². The summed E-state index contributed by atoms with van der Waals surface area (Å²) in [6, 6.07) is 11.9. The highest BCUT2D eigenvalue weighted by Crippen LogP contribution is 2.24. The van der Waals surface area contributed by atoms with Crippen molar-refractivity contribution in [2.24, 2.45) is 0 Å². The molecule has 0 unspecified atom stereocenters. The summed E-state index contributed by atoms with van der Waals surface area (Å²) >= 11 is 0. The fourth-order valence-electron chi connectivity index (χ4n) is 2.33. The van der Waals surface area contributed by atoms with E-state index < -0.39 is 5.63 Å². The minimum Gasteiger partial charge on any atom is -0.494 e. The summed E-state index contributed by atoms with van der Waals surface area (Å²) in [5.41, 5.74) is 0.562. The van der Waals surface area contributed by atoms with E-state index in [2.05, 4.69) is 4.98 Å². The van der Waals surface area contributed by atoms with Gasteiger partial charge in [-0.05, 0) is 43.3 Å². The topological polar surface area (TPSA) is 78.6 Å². The smallest absolute Gasteiger partial charge is 0.347 e. The standard InChI is InChI=1S/C19H17NO5/c1-3-17(21)24-14-8-9-16-15(11-14)19(22)25-18(20-16)12-6-5-7-13(10-12)23-4-2/h5-11H,3-4H2,1-2H3. The van der Waals surface area contributed by atoms with E-state index in [0.29, 0.717) is 29.2 Å². The first-order chi connectivity index (χ1) is 12.1. The Morgan fingerprint density at radius 1 is 1.12 bits per heavy atom. The molecule has 0 saturated carbocycles. The molecule has 6 nitrogen and oxygen atoms in total. The molecule has 0 aliphatic carbocycles. The van der Waals surface area contributed by atoms with Crippen molar-refractivity contribution in [3.63, 3.8) is 0 Å². The molecule has 0 aliphatic heterocycles. The molecule has 3 aromatic rings. The van der Waals surface area contributed by atoms with Crippen LogP contribution in [0, 0.1) is 0 Å². The second kappa shape index (κ2) is 7.17. The fourth-order valence-corrected chi connectivity index (χ4v) is 2.33. The van der Waals surface area contributed by atoms with Crippen LogP contribution in [0.15, 0.2) is 51.7 Å². The zero-order valence-electron chi connectivity index (χ0n) is 13.9. The number of esters is 1. The van der Waals surface area contributed by atoms with Crippen LogP contribution in [0.2, 0.25) is 0 Å². The van der Waals surface area contributed by atoms with Crippen LogP contribution in [-0.4, -0.2) is 17.6 Å². The van der Waals surface area contributed by atoms with Gasteiger partial charge in [0.25, 0.3) is 0 Å². The largest absolute Gasteiger partial charge is 0.494 e. The minimum absolute atomic E-state index is 0.206. The number of benzene rings is 2. The summed E-state index contributed by atoms with van der Waals surface area (Å²) in [5.74, 6) is 0.796. The number of hydrogen-bond acceptors (Lipinski definition) is 6. The van der Waals surface area contributed by atoms with Crippen molar-refractivity contribution in [2.45, 2.75) is 20.3 Å². The number of rotatable bonds is 5. The molecule has 0 saturated heterocycles. The Labute approximate surface area is 144 Å². The SMILES string of the molecule is CCOc1cccc(-c2nc3ccc(OC(=O)CC)cc3c(=O)o2)c1. The molecule has 3 rings (SSSR count). The number of hydrogen-bond donors (Lipinski definition) is 0. The van der Waals surface area contributed by atoms with Crippen LogP contribution >= 0.6 is 0 Å². The van der Waals surface area contributed by atoms with Gasteiger partial charge in [0.2, 0.25) is 5.89 Å². The van der Waals surface area contributed by atoms with Gasteiger partial charge >= 0.3 is 11.6 Å². The molecule has 2 aromatic carbocycles. The number of carbonyl (C=O) groups excluding carboxylic acids is 1. The molecular weight excluding hydrogens is 322 g/mol. The average Bonchev–Trinajstić information content (AvgIpc) is 2.62. The summed E-state index contributed by atoms with van der Waals surface area (Å²) in [7, 11) is 0. The number of nitrogens with zero attached hydrogens (tertiary/aromatic N) is 1. The second-order valence-electron chi connectivity index (χ2n) is 5.27. The van der Waals surface area contributed by atoms with Crippen LogP contribution < -0.4 is 15.1 Å². The van der Waals surface area contributed by atoms with Crippen molar-refractivity contribution >= 4 is 16.9 Å². The molecule has 0 amide bonds. The van der Waals surface area contributed by atoms with Crippen LogP contribution in [-0.2, 0) is 4.79 Å². The van der Waals surface area contributed by atoms with Crippen LogP contribution in [0.25, 0.3) is 22.4 Å². The lowest BCUT2D eigenvalue weighted by molar-refractivity contribution is -0.134. The molecule has 0 radical (unpaired) electrons. The van der Waals surface area contributed by atoms with Crippen LogP contribution in [0.3, 0.4) is 0 Å². The first kappa shape index (κ1) is 16.7. The Morgan fingerprint density at radius 2 is 1.96 bits per heavy atom. The molecular formula is C19H17NO5. The lowest BCUT2D eigenvalue weighted by Gasteiger charge is -2.06. The predicted molar refractivity (Wildman–Crippen MR) is 92.8 cm³/mol. The predicted octanol–water partition coefficient (Wildman–Crippen LogP) is 3.57. The van der Waals surface area contributed by atoms with Gasteiger partial charge in [0.05, 0.1) is 17.5 Å². The van der Waals surface area contributed by atoms with Crippen LogP contribution in [0.1, 0.15) is 20.3 Å². The van der Waals surface area contributed by atoms with Crippen molar-refractivity contribution in [1.82, 2.24) is 4.98 Å². The molecule has 0 spiro atoms. The van der Waals surface area contributed by atoms with Gasteiger partial charge in [-0.15, -0.1) is 0 Å². The Kier molecular flexibility index (Phi) is 4.79. The van der Waals surface area contributed by atoms with Gasteiger partial charge in [-0.1, -0.05) is 13.0 Å². The first-order valence-electron chi connectivity index (χ1n) is 7.99. The maximum atomic E-state index is 12.3. The summed E-state index contributed by atoms with van der Waals surface area (Å²) in [6.45, 7) is 4.13. The van der Waals surface area contributed by atoms with E-state index in [4.69, 9.17) is 13.9 Å².